The van der Waals surface area contributed by atoms with Crippen molar-refractivity contribution >= 4 is 0 Å². The summed E-state index contributed by atoms with van der Waals surface area (Å²) in [6.07, 6.45) is 6.69. The number of hydrogen-bond acceptors (Lipinski definition) is 3. The number of nitrogens with two attached hydrogens (primary N) is 1. The molecule has 0 aromatic carbocycles. The number of nitrogens with zero attached hydrogens (tertiary/aromatic N) is 4. The zero-order valence-corrected chi connectivity index (χ0v) is 9.50. The van der Waals surface area contributed by atoms with Crippen LogP contribution in [0.25, 0.3) is 0 Å². The molecule has 2 rings (SSSR count). The van der Waals surface area contributed by atoms with Crippen LogP contribution in [0.1, 0.15) is 18.3 Å². The standard InChI is InChI=1S/C11H17N5/c1-2-16-11(13-9-14-16)8-15-6-4-10(7-15)3-5-12/h4,6-7,9H,2-3,5,8,12H2,1H3. The largest absolute Gasteiger partial charge is 0.346 e. The van der Waals surface area contributed by atoms with Gasteiger partial charge in [0.1, 0.15) is 12.2 Å². The maximum atomic E-state index is 5.52. The molecule has 5 nitrogen and oxygen atoms in total. The minimum atomic E-state index is 0.690. The van der Waals surface area contributed by atoms with Gasteiger partial charge in [-0.25, -0.2) is 9.67 Å². The third-order valence-electron chi connectivity index (χ3n) is 2.56. The first-order valence-corrected chi connectivity index (χ1v) is 5.55. The van der Waals surface area contributed by atoms with Crippen molar-refractivity contribution in [3.63, 3.8) is 0 Å². The highest BCUT2D eigenvalue weighted by atomic mass is 15.3. The van der Waals surface area contributed by atoms with Gasteiger partial charge >= 0.3 is 0 Å². The van der Waals surface area contributed by atoms with Crippen molar-refractivity contribution in [3.05, 3.63) is 36.2 Å². The van der Waals surface area contributed by atoms with Gasteiger partial charge in [0.2, 0.25) is 0 Å². The summed E-state index contributed by atoms with van der Waals surface area (Å²) in [6, 6.07) is 2.10. The average molecular weight is 219 g/mol. The fraction of sp³-hybridized carbons (Fsp3) is 0.455. The van der Waals surface area contributed by atoms with Gasteiger partial charge in [0, 0.05) is 18.9 Å². The lowest BCUT2D eigenvalue weighted by molar-refractivity contribution is 0.592. The van der Waals surface area contributed by atoms with E-state index >= 15 is 0 Å². The number of aryl methyl sites for hydroxylation is 1. The zero-order chi connectivity index (χ0) is 11.4. The Labute approximate surface area is 94.9 Å². The molecule has 0 atom stereocenters. The van der Waals surface area contributed by atoms with E-state index in [4.69, 9.17) is 5.73 Å². The maximum Gasteiger partial charge on any atom is 0.146 e. The highest BCUT2D eigenvalue weighted by molar-refractivity contribution is 5.11. The maximum absolute atomic E-state index is 5.52. The summed E-state index contributed by atoms with van der Waals surface area (Å²) in [4.78, 5) is 4.24. The second kappa shape index (κ2) is 4.94. The molecule has 0 saturated heterocycles. The van der Waals surface area contributed by atoms with E-state index < -0.39 is 0 Å². The summed E-state index contributed by atoms with van der Waals surface area (Å²) in [7, 11) is 0. The summed E-state index contributed by atoms with van der Waals surface area (Å²) in [5.74, 6) is 0.984. The van der Waals surface area contributed by atoms with E-state index in [9.17, 15) is 0 Å². The molecule has 0 unspecified atom stereocenters. The molecule has 2 heterocycles. The number of hydrogen-bond donors (Lipinski definition) is 1. The van der Waals surface area contributed by atoms with Gasteiger partial charge in [-0.15, -0.1) is 0 Å². The molecule has 0 aliphatic carbocycles. The Bertz CT molecular complexity index is 443. The van der Waals surface area contributed by atoms with Crippen molar-refractivity contribution in [1.82, 2.24) is 19.3 Å². The van der Waals surface area contributed by atoms with Gasteiger partial charge in [0.15, 0.2) is 0 Å². The van der Waals surface area contributed by atoms with Crippen LogP contribution < -0.4 is 5.73 Å². The molecule has 0 aliphatic heterocycles. The smallest absolute Gasteiger partial charge is 0.146 e. The van der Waals surface area contributed by atoms with Crippen LogP contribution in [0.5, 0.6) is 0 Å². The molecule has 0 spiro atoms. The van der Waals surface area contributed by atoms with E-state index in [1.807, 2.05) is 4.68 Å². The number of aromatic nitrogens is 4. The van der Waals surface area contributed by atoms with Crippen molar-refractivity contribution in [1.29, 1.82) is 0 Å². The topological polar surface area (TPSA) is 61.7 Å². The van der Waals surface area contributed by atoms with E-state index in [-0.39, 0.29) is 0 Å². The summed E-state index contributed by atoms with van der Waals surface area (Å²) >= 11 is 0. The molecule has 0 amide bonds. The predicted molar refractivity (Wildman–Crippen MR) is 62.0 cm³/mol. The zero-order valence-electron chi connectivity index (χ0n) is 9.50. The molecule has 0 aliphatic rings. The molecule has 2 aromatic heterocycles. The average Bonchev–Trinajstić information content (AvgIpc) is 2.89. The Morgan fingerprint density at radius 1 is 1.44 bits per heavy atom. The van der Waals surface area contributed by atoms with Crippen molar-refractivity contribution < 1.29 is 0 Å². The SMILES string of the molecule is CCn1ncnc1Cn1ccc(CCN)c1. The minimum absolute atomic E-state index is 0.690. The second-order valence-corrected chi connectivity index (χ2v) is 3.72. The molecule has 16 heavy (non-hydrogen) atoms. The first-order chi connectivity index (χ1) is 7.83. The highest BCUT2D eigenvalue weighted by Crippen LogP contribution is 2.04. The Kier molecular flexibility index (Phi) is 3.36. The predicted octanol–water partition coefficient (Wildman–Crippen LogP) is 0.649. The molecule has 0 bridgehead atoms. The quantitative estimate of drug-likeness (QED) is 0.803. The van der Waals surface area contributed by atoms with Gasteiger partial charge in [-0.05, 0) is 31.5 Å². The van der Waals surface area contributed by atoms with Crippen LogP contribution in [-0.2, 0) is 19.5 Å². The lowest BCUT2D eigenvalue weighted by Gasteiger charge is -2.03. The van der Waals surface area contributed by atoms with Crippen LogP contribution in [0, 0.1) is 0 Å². The van der Waals surface area contributed by atoms with Crippen LogP contribution in [0.4, 0.5) is 0 Å². The Hall–Kier alpha value is -1.62. The van der Waals surface area contributed by atoms with Crippen LogP contribution in [0.2, 0.25) is 0 Å². The molecular formula is C11H17N5. The fourth-order valence-corrected chi connectivity index (χ4v) is 1.74. The Morgan fingerprint density at radius 2 is 2.31 bits per heavy atom. The summed E-state index contributed by atoms with van der Waals surface area (Å²) in [5, 5.41) is 4.15. The molecule has 86 valence electrons. The molecule has 2 N–H and O–H groups in total. The van der Waals surface area contributed by atoms with Crippen LogP contribution in [0.3, 0.4) is 0 Å². The van der Waals surface area contributed by atoms with E-state index in [0.29, 0.717) is 6.54 Å². The van der Waals surface area contributed by atoms with Gasteiger partial charge in [-0.1, -0.05) is 0 Å². The van der Waals surface area contributed by atoms with Crippen molar-refractivity contribution in [2.75, 3.05) is 6.54 Å². The van der Waals surface area contributed by atoms with Gasteiger partial charge in [-0.3, -0.25) is 0 Å². The molecule has 0 fully saturated rings. The molecule has 2 aromatic rings. The van der Waals surface area contributed by atoms with E-state index in [2.05, 4.69) is 40.0 Å². The van der Waals surface area contributed by atoms with E-state index in [1.165, 1.54) is 5.56 Å². The second-order valence-electron chi connectivity index (χ2n) is 3.72. The molecule has 5 heteroatoms. The highest BCUT2D eigenvalue weighted by Gasteiger charge is 2.03. The lowest BCUT2D eigenvalue weighted by Crippen LogP contribution is -2.08. The first kappa shape index (κ1) is 10.9. The van der Waals surface area contributed by atoms with Crippen molar-refractivity contribution in [2.24, 2.45) is 5.73 Å². The first-order valence-electron chi connectivity index (χ1n) is 5.55. The monoisotopic (exact) mass is 219 g/mol. The van der Waals surface area contributed by atoms with Gasteiger partial charge in [-0.2, -0.15) is 5.10 Å². The Balaban J connectivity index is 2.08. The Morgan fingerprint density at radius 3 is 3.06 bits per heavy atom. The fourth-order valence-electron chi connectivity index (χ4n) is 1.74. The summed E-state index contributed by atoms with van der Waals surface area (Å²) in [6.45, 7) is 4.37. The van der Waals surface area contributed by atoms with E-state index in [0.717, 1.165) is 25.3 Å². The minimum Gasteiger partial charge on any atom is -0.346 e. The summed E-state index contributed by atoms with van der Waals surface area (Å²) < 4.78 is 4.02. The third-order valence-corrected chi connectivity index (χ3v) is 2.56. The van der Waals surface area contributed by atoms with Crippen LogP contribution in [-0.4, -0.2) is 25.9 Å². The summed E-state index contributed by atoms with van der Waals surface area (Å²) in [5.41, 5.74) is 6.78. The van der Waals surface area contributed by atoms with Crippen molar-refractivity contribution in [3.8, 4) is 0 Å². The third kappa shape index (κ3) is 2.30. The normalized spacial score (nSPS) is 10.9. The van der Waals surface area contributed by atoms with Gasteiger partial charge < -0.3 is 10.3 Å². The molecular weight excluding hydrogens is 202 g/mol. The number of rotatable bonds is 5. The lowest BCUT2D eigenvalue weighted by atomic mass is 10.2. The van der Waals surface area contributed by atoms with Gasteiger partial charge in [0.05, 0.1) is 6.54 Å². The van der Waals surface area contributed by atoms with Crippen molar-refractivity contribution in [2.45, 2.75) is 26.4 Å². The van der Waals surface area contributed by atoms with Gasteiger partial charge in [0.25, 0.3) is 0 Å². The van der Waals surface area contributed by atoms with E-state index in [1.54, 1.807) is 6.33 Å². The molecule has 0 saturated carbocycles. The van der Waals surface area contributed by atoms with Crippen LogP contribution in [0.15, 0.2) is 24.8 Å². The molecule has 0 radical (unpaired) electrons. The van der Waals surface area contributed by atoms with Crippen LogP contribution >= 0.6 is 0 Å².